The topological polar surface area (TPSA) is 49.9 Å². The molecule has 0 bridgehead atoms. The van der Waals surface area contributed by atoms with Gasteiger partial charge in [0.25, 0.3) is 11.8 Å². The number of amides is 2. The average Bonchev–Trinajstić information content (AvgIpc) is 3.32. The van der Waals surface area contributed by atoms with Gasteiger partial charge in [-0.15, -0.1) is 0 Å². The molecule has 2 amide bonds. The van der Waals surface area contributed by atoms with Crippen molar-refractivity contribution in [2.75, 3.05) is 20.2 Å². The molecule has 2 aliphatic heterocycles. The molecule has 0 radical (unpaired) electrons. The van der Waals surface area contributed by atoms with Gasteiger partial charge in [0, 0.05) is 20.2 Å². The summed E-state index contributed by atoms with van der Waals surface area (Å²) in [6.45, 7) is 3.57. The van der Waals surface area contributed by atoms with E-state index >= 15 is 0 Å². The van der Waals surface area contributed by atoms with Crippen LogP contribution < -0.4 is 0 Å². The van der Waals surface area contributed by atoms with Crippen LogP contribution in [0, 0.1) is 6.92 Å². The number of hydrogen-bond donors (Lipinski definition) is 0. The summed E-state index contributed by atoms with van der Waals surface area (Å²) in [6, 6.07) is 17.7. The van der Waals surface area contributed by atoms with E-state index in [2.05, 4.69) is 0 Å². The Morgan fingerprint density at radius 1 is 1.03 bits per heavy atom. The van der Waals surface area contributed by atoms with Gasteiger partial charge in [0.15, 0.2) is 0 Å². The lowest BCUT2D eigenvalue weighted by Gasteiger charge is -2.22. The summed E-state index contributed by atoms with van der Waals surface area (Å²) in [5, 5.41) is 0. The minimum atomic E-state index is -0.237. The molecule has 2 aromatic rings. The van der Waals surface area contributed by atoms with E-state index in [1.54, 1.807) is 0 Å². The van der Waals surface area contributed by atoms with Gasteiger partial charge in [0.05, 0.1) is 18.2 Å². The zero-order valence-corrected chi connectivity index (χ0v) is 16.9. The molecular formula is C24H26N2O3. The van der Waals surface area contributed by atoms with E-state index in [9.17, 15) is 9.59 Å². The molecule has 2 aromatic carbocycles. The van der Waals surface area contributed by atoms with Crippen LogP contribution in [0.25, 0.3) is 5.57 Å². The highest BCUT2D eigenvalue weighted by Crippen LogP contribution is 2.32. The van der Waals surface area contributed by atoms with Gasteiger partial charge in [-0.05, 0) is 30.9 Å². The maximum Gasteiger partial charge on any atom is 0.277 e. The highest BCUT2D eigenvalue weighted by Gasteiger charge is 2.42. The van der Waals surface area contributed by atoms with Crippen molar-refractivity contribution in [2.24, 2.45) is 0 Å². The Kier molecular flexibility index (Phi) is 5.49. The van der Waals surface area contributed by atoms with E-state index in [-0.39, 0.29) is 17.9 Å². The Hall–Kier alpha value is -2.92. The van der Waals surface area contributed by atoms with Crippen LogP contribution in [-0.4, -0.2) is 47.9 Å². The second-order valence-corrected chi connectivity index (χ2v) is 7.79. The largest absolute Gasteiger partial charge is 0.376 e. The Balaban J connectivity index is 1.69. The Morgan fingerprint density at radius 2 is 1.76 bits per heavy atom. The number of nitrogens with zero attached hydrogens (tertiary/aromatic N) is 2. The quantitative estimate of drug-likeness (QED) is 0.710. The predicted molar refractivity (Wildman–Crippen MR) is 112 cm³/mol. The zero-order valence-electron chi connectivity index (χ0n) is 16.9. The summed E-state index contributed by atoms with van der Waals surface area (Å²) < 4.78 is 5.68. The molecule has 1 unspecified atom stereocenters. The molecule has 2 aliphatic rings. The smallest absolute Gasteiger partial charge is 0.277 e. The Bertz CT molecular complexity index is 928. The third kappa shape index (κ3) is 3.96. The van der Waals surface area contributed by atoms with Crippen LogP contribution in [0.2, 0.25) is 0 Å². The molecule has 0 N–H and O–H groups in total. The average molecular weight is 390 g/mol. The summed E-state index contributed by atoms with van der Waals surface area (Å²) in [7, 11) is 1.87. The number of carbonyl (C=O) groups excluding carboxylic acids is 2. The zero-order chi connectivity index (χ0) is 20.4. The molecule has 2 heterocycles. The molecule has 0 spiro atoms. The molecule has 150 valence electrons. The van der Waals surface area contributed by atoms with Crippen molar-refractivity contribution in [2.45, 2.75) is 32.4 Å². The molecule has 1 saturated heterocycles. The van der Waals surface area contributed by atoms with Gasteiger partial charge in [-0.2, -0.15) is 0 Å². The molecule has 0 aliphatic carbocycles. The van der Waals surface area contributed by atoms with Crippen LogP contribution in [-0.2, 0) is 20.9 Å². The van der Waals surface area contributed by atoms with Crippen LogP contribution in [0.15, 0.2) is 60.3 Å². The Labute approximate surface area is 171 Å². The number of ether oxygens (including phenoxy) is 1. The molecule has 5 heteroatoms. The molecule has 1 atom stereocenters. The van der Waals surface area contributed by atoms with Crippen LogP contribution in [0.1, 0.15) is 29.5 Å². The summed E-state index contributed by atoms with van der Waals surface area (Å²) in [4.78, 5) is 29.9. The van der Waals surface area contributed by atoms with Crippen LogP contribution >= 0.6 is 0 Å². The van der Waals surface area contributed by atoms with Gasteiger partial charge in [0.1, 0.15) is 5.70 Å². The molecule has 29 heavy (non-hydrogen) atoms. The van der Waals surface area contributed by atoms with Crippen molar-refractivity contribution < 1.29 is 14.3 Å². The van der Waals surface area contributed by atoms with Crippen molar-refractivity contribution in [1.29, 1.82) is 0 Å². The van der Waals surface area contributed by atoms with E-state index in [1.807, 2.05) is 73.5 Å². The fourth-order valence-electron chi connectivity index (χ4n) is 3.99. The number of aryl methyl sites for hydroxylation is 1. The second-order valence-electron chi connectivity index (χ2n) is 7.79. The van der Waals surface area contributed by atoms with E-state index in [1.165, 1.54) is 4.90 Å². The third-order valence-corrected chi connectivity index (χ3v) is 5.54. The number of imide groups is 1. The third-order valence-electron chi connectivity index (χ3n) is 5.54. The van der Waals surface area contributed by atoms with Gasteiger partial charge in [-0.1, -0.05) is 60.2 Å². The summed E-state index contributed by atoms with van der Waals surface area (Å²) in [5.41, 5.74) is 3.91. The minimum absolute atomic E-state index is 0.0686. The van der Waals surface area contributed by atoms with Crippen LogP contribution in [0.4, 0.5) is 0 Å². The highest BCUT2D eigenvalue weighted by molar-refractivity contribution is 6.35. The van der Waals surface area contributed by atoms with Crippen molar-refractivity contribution in [3.8, 4) is 0 Å². The molecule has 1 fully saturated rings. The first kappa shape index (κ1) is 19.4. The fraction of sp³-hybridized carbons (Fsp3) is 0.333. The predicted octanol–water partition coefficient (Wildman–Crippen LogP) is 3.39. The van der Waals surface area contributed by atoms with Crippen molar-refractivity contribution >= 4 is 17.4 Å². The molecule has 5 nitrogen and oxygen atoms in total. The van der Waals surface area contributed by atoms with Gasteiger partial charge >= 0.3 is 0 Å². The maximum absolute atomic E-state index is 13.3. The molecular weight excluding hydrogens is 364 g/mol. The van der Waals surface area contributed by atoms with E-state index in [0.29, 0.717) is 31.0 Å². The first-order valence-electron chi connectivity index (χ1n) is 10.1. The first-order valence-corrected chi connectivity index (χ1v) is 10.1. The van der Waals surface area contributed by atoms with Gasteiger partial charge in [0.2, 0.25) is 0 Å². The number of carbonyl (C=O) groups is 2. The minimum Gasteiger partial charge on any atom is -0.376 e. The van der Waals surface area contributed by atoms with Crippen LogP contribution in [0.3, 0.4) is 0 Å². The lowest BCUT2D eigenvalue weighted by molar-refractivity contribution is -0.139. The maximum atomic E-state index is 13.3. The van der Waals surface area contributed by atoms with Gasteiger partial charge < -0.3 is 9.64 Å². The number of hydrogen-bond acceptors (Lipinski definition) is 4. The van der Waals surface area contributed by atoms with Crippen LogP contribution in [0.5, 0.6) is 0 Å². The standard InChI is InChI=1S/C24H26N2O3/c1-17-10-12-19(13-11-17)21-22(25(2)15-18-7-4-3-5-8-18)24(28)26(23(21)27)16-20-9-6-14-29-20/h3-5,7-8,10-13,20H,6,9,14-16H2,1-2H3. The molecule has 0 saturated carbocycles. The van der Waals surface area contributed by atoms with Gasteiger partial charge in [-0.25, -0.2) is 0 Å². The summed E-state index contributed by atoms with van der Waals surface area (Å²) in [5.74, 6) is -0.469. The Morgan fingerprint density at radius 3 is 2.41 bits per heavy atom. The molecule has 4 rings (SSSR count). The lowest BCUT2D eigenvalue weighted by atomic mass is 10.0. The van der Waals surface area contributed by atoms with E-state index in [4.69, 9.17) is 4.74 Å². The highest BCUT2D eigenvalue weighted by atomic mass is 16.5. The van der Waals surface area contributed by atoms with E-state index in [0.717, 1.165) is 29.5 Å². The van der Waals surface area contributed by atoms with Crippen molar-refractivity contribution in [1.82, 2.24) is 9.80 Å². The number of rotatable bonds is 6. The summed E-state index contributed by atoms with van der Waals surface area (Å²) in [6.07, 6.45) is 1.78. The normalized spacial score (nSPS) is 19.4. The monoisotopic (exact) mass is 390 g/mol. The van der Waals surface area contributed by atoms with Gasteiger partial charge in [-0.3, -0.25) is 14.5 Å². The number of likely N-dealkylation sites (N-methyl/N-ethyl adjacent to an activating group) is 1. The fourth-order valence-corrected chi connectivity index (χ4v) is 3.99. The second kappa shape index (κ2) is 8.21. The summed E-state index contributed by atoms with van der Waals surface area (Å²) >= 11 is 0. The SMILES string of the molecule is Cc1ccc(C2=C(N(C)Cc3ccccc3)C(=O)N(CC3CCCO3)C2=O)cc1. The van der Waals surface area contributed by atoms with Crippen molar-refractivity contribution in [3.05, 3.63) is 77.0 Å². The van der Waals surface area contributed by atoms with Crippen molar-refractivity contribution in [3.63, 3.8) is 0 Å². The lowest BCUT2D eigenvalue weighted by Crippen LogP contribution is -2.39. The number of benzene rings is 2. The molecule has 0 aromatic heterocycles. The van der Waals surface area contributed by atoms with E-state index < -0.39 is 0 Å². The first-order chi connectivity index (χ1) is 14.0.